The number of alkyl halides is 1. The summed E-state index contributed by atoms with van der Waals surface area (Å²) in [6.07, 6.45) is 0. The maximum absolute atomic E-state index is 8.42. The summed E-state index contributed by atoms with van der Waals surface area (Å²) >= 11 is 2.32. The van der Waals surface area contributed by atoms with E-state index in [1.165, 1.54) is 0 Å². The van der Waals surface area contributed by atoms with Crippen LogP contribution in [0.3, 0.4) is 0 Å². The van der Waals surface area contributed by atoms with Crippen molar-refractivity contribution in [3.63, 3.8) is 0 Å². The van der Waals surface area contributed by atoms with E-state index in [1.54, 1.807) is 0 Å². The number of aliphatic hydroxyl groups is 1. The van der Waals surface area contributed by atoms with E-state index in [4.69, 9.17) is 5.11 Å². The smallest absolute Gasteiger partial charge is 0.0558 e. The summed E-state index contributed by atoms with van der Waals surface area (Å²) in [5.41, 5.74) is 0. The van der Waals surface area contributed by atoms with Crippen LogP contribution in [0.4, 0.5) is 0 Å². The number of nitrogens with zero attached hydrogens (tertiary/aromatic N) is 1. The molecule has 0 unspecified atom stereocenters. The molecule has 0 atom stereocenters. The Morgan fingerprint density at radius 3 is 2.50 bits per heavy atom. The zero-order valence-corrected chi connectivity index (χ0v) is 7.26. The lowest BCUT2D eigenvalue weighted by atomic mass is 10.6. The molecule has 8 heavy (non-hydrogen) atoms. The van der Waals surface area contributed by atoms with Gasteiger partial charge < -0.3 is 10.0 Å². The molecule has 0 fully saturated rings. The van der Waals surface area contributed by atoms with Crippen molar-refractivity contribution in [2.24, 2.45) is 0 Å². The Morgan fingerprint density at radius 1 is 1.50 bits per heavy atom. The van der Waals surface area contributed by atoms with Gasteiger partial charge in [0.2, 0.25) is 0 Å². The van der Waals surface area contributed by atoms with E-state index in [0.29, 0.717) is 0 Å². The Hall–Kier alpha value is 0.650. The van der Waals surface area contributed by atoms with Crippen molar-refractivity contribution < 1.29 is 5.11 Å². The minimum atomic E-state index is 0.271. The number of hydrogen-bond donors (Lipinski definition) is 1. The van der Waals surface area contributed by atoms with Gasteiger partial charge in [-0.15, -0.1) is 0 Å². The topological polar surface area (TPSA) is 23.5 Å². The third kappa shape index (κ3) is 4.80. The molecule has 0 aliphatic carbocycles. The third-order valence-corrected chi connectivity index (χ3v) is 1.43. The average molecular weight is 229 g/mol. The molecule has 0 spiro atoms. The van der Waals surface area contributed by atoms with Crippen molar-refractivity contribution >= 4 is 22.6 Å². The van der Waals surface area contributed by atoms with Gasteiger partial charge in [0.05, 0.1) is 6.61 Å². The SMILES string of the molecule is CN(CCO)CCI. The zero-order valence-electron chi connectivity index (χ0n) is 5.10. The van der Waals surface area contributed by atoms with Crippen molar-refractivity contribution in [3.8, 4) is 0 Å². The fourth-order valence-electron chi connectivity index (χ4n) is 0.427. The number of rotatable bonds is 4. The summed E-state index contributed by atoms with van der Waals surface area (Å²) in [7, 11) is 2.01. The Morgan fingerprint density at radius 2 is 2.12 bits per heavy atom. The molecule has 0 aliphatic rings. The van der Waals surface area contributed by atoms with Gasteiger partial charge in [-0.25, -0.2) is 0 Å². The maximum atomic E-state index is 8.42. The zero-order chi connectivity index (χ0) is 6.41. The van der Waals surface area contributed by atoms with Crippen LogP contribution in [0.1, 0.15) is 0 Å². The van der Waals surface area contributed by atoms with Crippen LogP contribution in [0.25, 0.3) is 0 Å². The summed E-state index contributed by atoms with van der Waals surface area (Å²) in [4.78, 5) is 2.10. The first-order valence-electron chi connectivity index (χ1n) is 2.66. The van der Waals surface area contributed by atoms with E-state index in [0.717, 1.165) is 17.5 Å². The molecule has 0 amide bonds. The normalized spacial score (nSPS) is 10.5. The molecule has 3 heteroatoms. The number of likely N-dealkylation sites (N-methyl/N-ethyl adjacent to an activating group) is 1. The molecule has 0 aliphatic heterocycles. The van der Waals surface area contributed by atoms with E-state index in [-0.39, 0.29) is 6.61 Å². The molecule has 0 aromatic heterocycles. The minimum Gasteiger partial charge on any atom is -0.395 e. The van der Waals surface area contributed by atoms with Crippen molar-refractivity contribution in [1.82, 2.24) is 4.90 Å². The van der Waals surface area contributed by atoms with E-state index in [1.807, 2.05) is 7.05 Å². The number of hydrogen-bond acceptors (Lipinski definition) is 2. The average Bonchev–Trinajstić information content (AvgIpc) is 1.68. The molecular weight excluding hydrogens is 217 g/mol. The Bertz CT molecular complexity index is 45.7. The second kappa shape index (κ2) is 5.78. The molecule has 0 aromatic carbocycles. The highest BCUT2D eigenvalue weighted by atomic mass is 127. The second-order valence-electron chi connectivity index (χ2n) is 1.72. The van der Waals surface area contributed by atoms with E-state index in [2.05, 4.69) is 27.5 Å². The van der Waals surface area contributed by atoms with Crippen molar-refractivity contribution in [2.45, 2.75) is 0 Å². The summed E-state index contributed by atoms with van der Waals surface area (Å²) < 4.78 is 1.13. The monoisotopic (exact) mass is 229 g/mol. The lowest BCUT2D eigenvalue weighted by Crippen LogP contribution is -2.23. The summed E-state index contributed by atoms with van der Waals surface area (Å²) in [5, 5.41) is 8.42. The Labute approximate surface area is 64.0 Å². The van der Waals surface area contributed by atoms with Crippen molar-refractivity contribution in [3.05, 3.63) is 0 Å². The predicted octanol–water partition coefficient (Wildman–Crippen LogP) is 0.345. The van der Waals surface area contributed by atoms with Crippen LogP contribution in [-0.4, -0.2) is 41.2 Å². The quantitative estimate of drug-likeness (QED) is 0.555. The standard InChI is InChI=1S/C5H12INO/c1-7(3-2-6)4-5-8/h8H,2-5H2,1H3. The van der Waals surface area contributed by atoms with Gasteiger partial charge in [0.15, 0.2) is 0 Å². The Balaban J connectivity index is 2.92. The van der Waals surface area contributed by atoms with E-state index >= 15 is 0 Å². The first-order valence-corrected chi connectivity index (χ1v) is 4.19. The minimum absolute atomic E-state index is 0.271. The van der Waals surface area contributed by atoms with Crippen LogP contribution >= 0.6 is 22.6 Å². The van der Waals surface area contributed by atoms with Crippen LogP contribution in [0.5, 0.6) is 0 Å². The fraction of sp³-hybridized carbons (Fsp3) is 1.00. The van der Waals surface area contributed by atoms with Crippen molar-refractivity contribution in [1.29, 1.82) is 0 Å². The fourth-order valence-corrected chi connectivity index (χ4v) is 1.25. The Kier molecular flexibility index (Phi) is 6.25. The van der Waals surface area contributed by atoms with Gasteiger partial charge in [-0.2, -0.15) is 0 Å². The van der Waals surface area contributed by atoms with Crippen molar-refractivity contribution in [2.75, 3.05) is 31.2 Å². The highest BCUT2D eigenvalue weighted by molar-refractivity contribution is 14.1. The molecule has 0 rings (SSSR count). The van der Waals surface area contributed by atoms with Gasteiger partial charge >= 0.3 is 0 Å². The molecule has 0 aromatic rings. The number of halogens is 1. The van der Waals surface area contributed by atoms with Gasteiger partial charge in [-0.1, -0.05) is 22.6 Å². The summed E-state index contributed by atoms with van der Waals surface area (Å²) in [6, 6.07) is 0. The first kappa shape index (κ1) is 8.65. The molecule has 0 saturated heterocycles. The van der Waals surface area contributed by atoms with Gasteiger partial charge in [0.1, 0.15) is 0 Å². The van der Waals surface area contributed by atoms with Gasteiger partial charge in [-0.3, -0.25) is 0 Å². The summed E-state index contributed by atoms with van der Waals surface area (Å²) in [6.45, 7) is 2.14. The third-order valence-electron chi connectivity index (χ3n) is 0.948. The largest absolute Gasteiger partial charge is 0.395 e. The van der Waals surface area contributed by atoms with Gasteiger partial charge in [0.25, 0.3) is 0 Å². The van der Waals surface area contributed by atoms with Crippen LogP contribution < -0.4 is 0 Å². The molecule has 50 valence electrons. The predicted molar refractivity (Wildman–Crippen MR) is 43.5 cm³/mol. The molecule has 0 bridgehead atoms. The first-order chi connectivity index (χ1) is 3.81. The highest BCUT2D eigenvalue weighted by Crippen LogP contribution is 1.84. The molecule has 2 nitrogen and oxygen atoms in total. The molecular formula is C5H12INO. The molecule has 0 saturated carbocycles. The van der Waals surface area contributed by atoms with E-state index in [9.17, 15) is 0 Å². The summed E-state index contributed by atoms with van der Waals surface area (Å²) in [5.74, 6) is 0. The molecule has 0 radical (unpaired) electrons. The lowest BCUT2D eigenvalue weighted by Gasteiger charge is -2.11. The number of aliphatic hydroxyl groups excluding tert-OH is 1. The van der Waals surface area contributed by atoms with Crippen LogP contribution in [0, 0.1) is 0 Å². The lowest BCUT2D eigenvalue weighted by molar-refractivity contribution is 0.228. The second-order valence-corrected chi connectivity index (χ2v) is 2.79. The van der Waals surface area contributed by atoms with E-state index < -0.39 is 0 Å². The van der Waals surface area contributed by atoms with Crippen LogP contribution in [0.2, 0.25) is 0 Å². The molecule has 1 N–H and O–H groups in total. The maximum Gasteiger partial charge on any atom is 0.0558 e. The van der Waals surface area contributed by atoms with Crippen LogP contribution in [0.15, 0.2) is 0 Å². The molecule has 0 heterocycles. The van der Waals surface area contributed by atoms with Crippen LogP contribution in [-0.2, 0) is 0 Å². The van der Waals surface area contributed by atoms with Gasteiger partial charge in [-0.05, 0) is 7.05 Å². The van der Waals surface area contributed by atoms with Gasteiger partial charge in [0, 0.05) is 17.5 Å². The highest BCUT2D eigenvalue weighted by Gasteiger charge is 1.91.